The molecule has 0 saturated heterocycles. The van der Waals surface area contributed by atoms with Crippen molar-refractivity contribution in [1.82, 2.24) is 9.97 Å². The third kappa shape index (κ3) is 4.89. The first-order chi connectivity index (χ1) is 23.2. The third-order valence-corrected chi connectivity index (χ3v) is 9.97. The lowest BCUT2D eigenvalue weighted by atomic mass is 9.79. The van der Waals surface area contributed by atoms with Crippen molar-refractivity contribution < 1.29 is 14.5 Å². The van der Waals surface area contributed by atoms with E-state index in [9.17, 15) is 19.7 Å². The molecule has 0 radical (unpaired) electrons. The number of nitrogens with two attached hydrogens (primary N) is 2. The van der Waals surface area contributed by atoms with Crippen LogP contribution in [-0.4, -0.2) is 39.8 Å². The lowest BCUT2D eigenvalue weighted by molar-refractivity contribution is -0.385. The Hall–Kier alpha value is -5.85. The number of nitro groups is 1. The van der Waals surface area contributed by atoms with Crippen molar-refractivity contribution in [3.05, 3.63) is 126 Å². The lowest BCUT2D eigenvalue weighted by Gasteiger charge is -2.20. The van der Waals surface area contributed by atoms with Crippen LogP contribution in [-0.2, 0) is 58.9 Å². The first kappa shape index (κ1) is 30.8. The molecule has 14 heteroatoms. The van der Waals surface area contributed by atoms with Gasteiger partial charge in [0.2, 0.25) is 11.8 Å². The molecule has 2 spiro atoms. The number of pyridine rings is 2. The van der Waals surface area contributed by atoms with Gasteiger partial charge >= 0.3 is 0 Å². The van der Waals surface area contributed by atoms with Gasteiger partial charge in [0.1, 0.15) is 11.6 Å². The summed E-state index contributed by atoms with van der Waals surface area (Å²) in [6, 6.07) is 15.0. The SMILES string of the molecule is NCCc1cc2c(cc1N)CC1(C2)C(=O)Nc2ncccc21.[N-]=[N+]=NCCc1cc2c(cc1[N+](=O)[O-])CC1(C2)C(=O)Nc2ncccc21. The van der Waals surface area contributed by atoms with E-state index in [-0.39, 0.29) is 30.5 Å². The Morgan fingerprint density at radius 3 is 1.90 bits per heavy atom. The zero-order valence-electron chi connectivity index (χ0n) is 25.9. The van der Waals surface area contributed by atoms with Crippen LogP contribution in [0.2, 0.25) is 0 Å². The summed E-state index contributed by atoms with van der Waals surface area (Å²) in [7, 11) is 0. The van der Waals surface area contributed by atoms with Gasteiger partial charge in [0, 0.05) is 52.3 Å². The van der Waals surface area contributed by atoms with Gasteiger partial charge in [-0.2, -0.15) is 0 Å². The Bertz CT molecular complexity index is 2080. The number of azide groups is 1. The summed E-state index contributed by atoms with van der Waals surface area (Å²) in [5, 5.41) is 20.6. The molecule has 2 amide bonds. The Morgan fingerprint density at radius 1 is 0.854 bits per heavy atom. The van der Waals surface area contributed by atoms with E-state index in [1.165, 1.54) is 5.56 Å². The van der Waals surface area contributed by atoms with Gasteiger partial charge < -0.3 is 22.1 Å². The number of carbonyl (C=O) groups is 2. The van der Waals surface area contributed by atoms with Crippen molar-refractivity contribution in [3.8, 4) is 0 Å². The molecule has 2 aromatic carbocycles. The predicted molar refractivity (Wildman–Crippen MR) is 178 cm³/mol. The van der Waals surface area contributed by atoms with Crippen LogP contribution >= 0.6 is 0 Å². The van der Waals surface area contributed by atoms with Gasteiger partial charge in [-0.15, -0.1) is 0 Å². The van der Waals surface area contributed by atoms with Gasteiger partial charge in [-0.3, -0.25) is 19.7 Å². The van der Waals surface area contributed by atoms with Crippen molar-refractivity contribution in [1.29, 1.82) is 0 Å². The number of anilines is 3. The van der Waals surface area contributed by atoms with Crippen LogP contribution in [0.5, 0.6) is 0 Å². The molecule has 8 rings (SSSR count). The number of carbonyl (C=O) groups excluding carboxylic acids is 2. The Morgan fingerprint density at radius 2 is 1.38 bits per heavy atom. The average Bonchev–Trinajstić information content (AvgIpc) is 3.79. The highest BCUT2D eigenvalue weighted by Crippen LogP contribution is 2.49. The van der Waals surface area contributed by atoms with Crippen molar-refractivity contribution in [3.63, 3.8) is 0 Å². The van der Waals surface area contributed by atoms with E-state index in [4.69, 9.17) is 17.0 Å². The number of nitrogens with zero attached hydrogens (tertiary/aromatic N) is 6. The number of fused-ring (bicyclic) bond motifs is 6. The molecule has 2 aliphatic heterocycles. The largest absolute Gasteiger partial charge is 0.398 e. The number of nitro benzene ring substituents is 1. The predicted octanol–water partition coefficient (Wildman–Crippen LogP) is 3.99. The van der Waals surface area contributed by atoms with E-state index in [1.807, 2.05) is 24.3 Å². The average molecular weight is 645 g/mol. The first-order valence-electron chi connectivity index (χ1n) is 15.6. The van der Waals surface area contributed by atoms with E-state index >= 15 is 0 Å². The maximum absolute atomic E-state index is 12.7. The number of nitrogen functional groups attached to an aromatic ring is 1. The number of benzene rings is 2. The number of rotatable bonds is 6. The third-order valence-electron chi connectivity index (χ3n) is 9.97. The van der Waals surface area contributed by atoms with Gasteiger partial charge in [0.05, 0.1) is 15.8 Å². The number of aromatic nitrogens is 2. The summed E-state index contributed by atoms with van der Waals surface area (Å²) in [6.07, 6.45) is 6.63. The molecule has 4 heterocycles. The molecular weight excluding hydrogens is 612 g/mol. The van der Waals surface area contributed by atoms with E-state index in [2.05, 4.69) is 36.7 Å². The maximum atomic E-state index is 12.7. The molecule has 2 aliphatic carbocycles. The zero-order valence-corrected chi connectivity index (χ0v) is 25.9. The normalized spacial score (nSPS) is 20.6. The molecule has 0 fully saturated rings. The summed E-state index contributed by atoms with van der Waals surface area (Å²) in [4.78, 5) is 47.5. The highest BCUT2D eigenvalue weighted by Gasteiger charge is 2.52. The lowest BCUT2D eigenvalue weighted by Crippen LogP contribution is -2.35. The summed E-state index contributed by atoms with van der Waals surface area (Å²) >= 11 is 0. The highest BCUT2D eigenvalue weighted by molar-refractivity contribution is 6.07. The second-order valence-corrected chi connectivity index (χ2v) is 12.6. The van der Waals surface area contributed by atoms with Crippen molar-refractivity contribution in [2.24, 2.45) is 10.8 Å². The van der Waals surface area contributed by atoms with E-state index in [1.54, 1.807) is 30.6 Å². The van der Waals surface area contributed by atoms with E-state index < -0.39 is 15.8 Å². The van der Waals surface area contributed by atoms with Crippen LogP contribution in [0.25, 0.3) is 10.4 Å². The Balaban J connectivity index is 0.000000154. The molecule has 2 unspecified atom stereocenters. The minimum atomic E-state index is -0.761. The fraction of sp³-hybridized carbons (Fsp3) is 0.294. The van der Waals surface area contributed by atoms with Crippen LogP contribution in [0.15, 0.2) is 66.0 Å². The summed E-state index contributed by atoms with van der Waals surface area (Å²) < 4.78 is 0. The number of amides is 2. The van der Waals surface area contributed by atoms with Crippen LogP contribution in [0.1, 0.15) is 44.5 Å². The molecule has 48 heavy (non-hydrogen) atoms. The molecule has 4 aliphatic rings. The summed E-state index contributed by atoms with van der Waals surface area (Å²) in [5.41, 5.74) is 27.2. The molecule has 0 bridgehead atoms. The van der Waals surface area contributed by atoms with Gasteiger partial charge in [-0.1, -0.05) is 23.3 Å². The van der Waals surface area contributed by atoms with Gasteiger partial charge in [-0.05, 0) is 103 Å². The van der Waals surface area contributed by atoms with Crippen LogP contribution < -0.4 is 22.1 Å². The molecular formula is C34H32N10O4. The second kappa shape index (κ2) is 11.7. The van der Waals surface area contributed by atoms with Crippen molar-refractivity contribution in [2.75, 3.05) is 29.5 Å². The van der Waals surface area contributed by atoms with Gasteiger partial charge in [0.15, 0.2) is 0 Å². The van der Waals surface area contributed by atoms with Gasteiger partial charge in [-0.25, -0.2) is 9.97 Å². The second-order valence-electron chi connectivity index (χ2n) is 12.6. The molecule has 242 valence electrons. The van der Waals surface area contributed by atoms with Crippen molar-refractivity contribution in [2.45, 2.75) is 49.4 Å². The maximum Gasteiger partial charge on any atom is 0.272 e. The standard InChI is InChI=1S/C17H14N6O3.C17H18N4O/c18-22-20-5-3-10-6-11-8-17(9-12(11)7-14(10)23(25)26)13-2-1-4-19-15(13)21-16(17)24;18-4-3-10-6-11-8-17(9-12(11)7-14(10)19)13-2-1-5-20-15(13)21-16(17)22/h1-2,4,6-7H,3,5,8-9H2,(H,19,21,24);1-2,5-7H,3-4,8-9,18-19H2,(H,20,21,22). The van der Waals surface area contributed by atoms with E-state index in [0.29, 0.717) is 49.4 Å². The highest BCUT2D eigenvalue weighted by atomic mass is 16.6. The van der Waals surface area contributed by atoms with Crippen LogP contribution in [0.4, 0.5) is 23.0 Å². The molecule has 14 nitrogen and oxygen atoms in total. The number of hydrogen-bond donors (Lipinski definition) is 4. The molecule has 4 aromatic rings. The topological polar surface area (TPSA) is 228 Å². The number of nitrogens with one attached hydrogen (secondary N) is 2. The molecule has 2 atom stereocenters. The molecule has 2 aromatic heterocycles. The monoisotopic (exact) mass is 644 g/mol. The van der Waals surface area contributed by atoms with E-state index in [0.717, 1.165) is 45.5 Å². The van der Waals surface area contributed by atoms with Crippen LogP contribution in [0, 0.1) is 10.1 Å². The summed E-state index contributed by atoms with van der Waals surface area (Å²) in [5.74, 6) is 1.16. The fourth-order valence-electron chi connectivity index (χ4n) is 7.71. The minimum absolute atomic E-state index is 0.00115. The Labute approximate surface area is 274 Å². The van der Waals surface area contributed by atoms with Crippen LogP contribution in [0.3, 0.4) is 0 Å². The zero-order chi connectivity index (χ0) is 33.6. The first-order valence-corrected chi connectivity index (χ1v) is 15.6. The minimum Gasteiger partial charge on any atom is -0.398 e. The Kier molecular flexibility index (Phi) is 7.53. The fourth-order valence-corrected chi connectivity index (χ4v) is 7.71. The quantitative estimate of drug-likeness (QED) is 0.0597. The summed E-state index contributed by atoms with van der Waals surface area (Å²) in [6.45, 7) is 0.718. The van der Waals surface area contributed by atoms with Crippen molar-refractivity contribution >= 4 is 34.8 Å². The molecule has 6 N–H and O–H groups in total. The number of hydrogen-bond acceptors (Lipinski definition) is 9. The molecule has 0 saturated carbocycles. The smallest absolute Gasteiger partial charge is 0.272 e. The van der Waals surface area contributed by atoms with Gasteiger partial charge in [0.25, 0.3) is 5.69 Å².